The zero-order chi connectivity index (χ0) is 4.69. The van der Waals surface area contributed by atoms with Gasteiger partial charge in [0.15, 0.2) is 0 Å². The summed E-state index contributed by atoms with van der Waals surface area (Å²) in [4.78, 5) is 0. The Morgan fingerprint density at radius 2 is 2.71 bits per heavy atom. The Bertz CT molecular complexity index is 94.7. The Kier molecular flexibility index (Phi) is 0.577. The minimum absolute atomic E-state index is 0.454. The second kappa shape index (κ2) is 1.10. The second-order valence-corrected chi connectivity index (χ2v) is 2.02. The van der Waals surface area contributed by atoms with Crippen LogP contribution in [-0.4, -0.2) is 6.10 Å². The van der Waals surface area contributed by atoms with E-state index < -0.39 is 0 Å². The molecule has 2 aliphatic rings. The lowest BCUT2D eigenvalue weighted by Gasteiger charge is -1.92. The molecule has 1 fully saturated rings. The summed E-state index contributed by atoms with van der Waals surface area (Å²) in [5, 5.41) is 0. The van der Waals surface area contributed by atoms with Gasteiger partial charge in [-0.25, -0.2) is 0 Å². The molecule has 1 nitrogen and oxygen atoms in total. The molecule has 1 saturated heterocycles. The highest BCUT2D eigenvalue weighted by atomic mass is 16.5. The summed E-state index contributed by atoms with van der Waals surface area (Å²) < 4.78 is 5.28. The summed E-state index contributed by atoms with van der Waals surface area (Å²) in [6.45, 7) is 0. The third kappa shape index (κ3) is 0.416. The molecule has 1 radical (unpaired) electrons. The van der Waals surface area contributed by atoms with Crippen molar-refractivity contribution in [1.82, 2.24) is 0 Å². The number of hydrogen-bond acceptors (Lipinski definition) is 1. The average molecular weight is 95.1 g/mol. The van der Waals surface area contributed by atoms with Crippen LogP contribution in [0.5, 0.6) is 0 Å². The molecule has 1 unspecified atom stereocenters. The maximum absolute atomic E-state index is 5.28. The van der Waals surface area contributed by atoms with Crippen LogP contribution in [0.4, 0.5) is 0 Å². The van der Waals surface area contributed by atoms with Gasteiger partial charge in [0.25, 0.3) is 0 Å². The summed E-state index contributed by atoms with van der Waals surface area (Å²) in [6, 6.07) is 0. The van der Waals surface area contributed by atoms with Gasteiger partial charge in [-0.05, 0) is 12.8 Å². The fourth-order valence-corrected chi connectivity index (χ4v) is 1.07. The first-order valence-corrected chi connectivity index (χ1v) is 2.66. The van der Waals surface area contributed by atoms with E-state index in [-0.39, 0.29) is 0 Å². The van der Waals surface area contributed by atoms with E-state index in [4.69, 9.17) is 4.74 Å². The zero-order valence-electron chi connectivity index (χ0n) is 4.05. The van der Waals surface area contributed by atoms with Gasteiger partial charge in [0.05, 0.1) is 6.10 Å². The second-order valence-electron chi connectivity index (χ2n) is 2.02. The van der Waals surface area contributed by atoms with Crippen molar-refractivity contribution in [3.8, 4) is 0 Å². The molecule has 1 atom stereocenters. The molecule has 2 rings (SSSR count). The van der Waals surface area contributed by atoms with Crippen molar-refractivity contribution in [2.24, 2.45) is 0 Å². The predicted octanol–water partition coefficient (Wildman–Crippen LogP) is 1.27. The standard InChI is InChI=1S/C6H7O/c1-2-6-4-3-5(1)7-6/h1-2,5H,3-4H2. The van der Waals surface area contributed by atoms with Crippen molar-refractivity contribution in [1.29, 1.82) is 0 Å². The van der Waals surface area contributed by atoms with Gasteiger partial charge in [-0.2, -0.15) is 0 Å². The lowest BCUT2D eigenvalue weighted by atomic mass is 10.1. The van der Waals surface area contributed by atoms with Crippen LogP contribution in [0.1, 0.15) is 12.8 Å². The van der Waals surface area contributed by atoms with Crippen LogP contribution in [0.2, 0.25) is 0 Å². The SMILES string of the molecule is C1=CC2CC[C]1O2. The van der Waals surface area contributed by atoms with Crippen LogP contribution in [0.25, 0.3) is 0 Å². The Balaban J connectivity index is 2.27. The fraction of sp³-hybridized carbons (Fsp3) is 0.500. The van der Waals surface area contributed by atoms with Crippen molar-refractivity contribution in [3.63, 3.8) is 0 Å². The van der Waals surface area contributed by atoms with Crippen molar-refractivity contribution in [3.05, 3.63) is 18.3 Å². The van der Waals surface area contributed by atoms with E-state index in [0.717, 1.165) is 0 Å². The molecule has 7 heavy (non-hydrogen) atoms. The molecule has 2 heterocycles. The maximum Gasteiger partial charge on any atom is 0.120 e. The first-order chi connectivity index (χ1) is 3.45. The van der Waals surface area contributed by atoms with E-state index in [9.17, 15) is 0 Å². The molecule has 0 aromatic rings. The summed E-state index contributed by atoms with van der Waals surface area (Å²) in [5.41, 5.74) is 0. The van der Waals surface area contributed by atoms with Gasteiger partial charge in [0.1, 0.15) is 6.10 Å². The van der Waals surface area contributed by atoms with Crippen molar-refractivity contribution >= 4 is 0 Å². The monoisotopic (exact) mass is 95.0 g/mol. The molecule has 0 aromatic carbocycles. The molecule has 0 aliphatic carbocycles. The van der Waals surface area contributed by atoms with E-state index in [1.165, 1.54) is 18.9 Å². The smallest absolute Gasteiger partial charge is 0.120 e. The molecule has 0 amide bonds. The molecular weight excluding hydrogens is 88.1 g/mol. The minimum atomic E-state index is 0.454. The lowest BCUT2D eigenvalue weighted by molar-refractivity contribution is 0.183. The number of rotatable bonds is 0. The van der Waals surface area contributed by atoms with E-state index in [2.05, 4.69) is 12.2 Å². The number of hydrogen-bond donors (Lipinski definition) is 0. The van der Waals surface area contributed by atoms with Gasteiger partial charge in [-0.15, -0.1) is 0 Å². The van der Waals surface area contributed by atoms with E-state index in [1.54, 1.807) is 0 Å². The van der Waals surface area contributed by atoms with E-state index in [1.807, 2.05) is 0 Å². The third-order valence-electron chi connectivity index (χ3n) is 1.47. The Hall–Kier alpha value is -0.300. The summed E-state index contributed by atoms with van der Waals surface area (Å²) in [5.74, 6) is 0. The quantitative estimate of drug-likeness (QED) is 0.440. The maximum atomic E-state index is 5.28. The van der Waals surface area contributed by atoms with Crippen molar-refractivity contribution < 1.29 is 4.74 Å². The van der Waals surface area contributed by atoms with Gasteiger partial charge < -0.3 is 4.74 Å². The van der Waals surface area contributed by atoms with E-state index >= 15 is 0 Å². The first kappa shape index (κ1) is 3.67. The highest BCUT2D eigenvalue weighted by Crippen LogP contribution is 2.32. The molecule has 0 N–H and O–H groups in total. The highest BCUT2D eigenvalue weighted by molar-refractivity contribution is 5.17. The van der Waals surface area contributed by atoms with Crippen LogP contribution in [0, 0.1) is 6.10 Å². The van der Waals surface area contributed by atoms with Gasteiger partial charge in [-0.3, -0.25) is 0 Å². The topological polar surface area (TPSA) is 9.23 Å². The van der Waals surface area contributed by atoms with E-state index in [0.29, 0.717) is 6.10 Å². The highest BCUT2D eigenvalue weighted by Gasteiger charge is 2.27. The lowest BCUT2D eigenvalue weighted by Crippen LogP contribution is -1.92. The normalized spacial score (nSPS) is 38.0. The molecule has 0 saturated carbocycles. The van der Waals surface area contributed by atoms with Gasteiger partial charge >= 0.3 is 0 Å². The van der Waals surface area contributed by atoms with Crippen LogP contribution in [-0.2, 0) is 4.74 Å². The summed E-state index contributed by atoms with van der Waals surface area (Å²) >= 11 is 0. The predicted molar refractivity (Wildman–Crippen MR) is 26.5 cm³/mol. The Morgan fingerprint density at radius 3 is 2.86 bits per heavy atom. The van der Waals surface area contributed by atoms with Crippen molar-refractivity contribution in [2.75, 3.05) is 0 Å². The third-order valence-corrected chi connectivity index (χ3v) is 1.47. The molecule has 2 aliphatic heterocycles. The molecular formula is C6H7O. The van der Waals surface area contributed by atoms with Gasteiger partial charge in [0.2, 0.25) is 0 Å². The first-order valence-electron chi connectivity index (χ1n) is 2.66. The van der Waals surface area contributed by atoms with Gasteiger partial charge in [-0.1, -0.05) is 12.2 Å². The summed E-state index contributed by atoms with van der Waals surface area (Å²) in [6.07, 6.45) is 8.22. The van der Waals surface area contributed by atoms with Crippen LogP contribution >= 0.6 is 0 Å². The Labute approximate surface area is 43.0 Å². The summed E-state index contributed by atoms with van der Waals surface area (Å²) in [7, 11) is 0. The Morgan fingerprint density at radius 1 is 1.71 bits per heavy atom. The number of fused-ring (bicyclic) bond motifs is 2. The molecule has 0 aromatic heterocycles. The average Bonchev–Trinajstić information content (AvgIpc) is 2.22. The largest absolute Gasteiger partial charge is 0.360 e. The van der Waals surface area contributed by atoms with Crippen LogP contribution in [0.3, 0.4) is 0 Å². The van der Waals surface area contributed by atoms with Gasteiger partial charge in [0, 0.05) is 0 Å². The van der Waals surface area contributed by atoms with Crippen LogP contribution < -0.4 is 0 Å². The molecule has 0 spiro atoms. The van der Waals surface area contributed by atoms with Crippen molar-refractivity contribution in [2.45, 2.75) is 18.9 Å². The molecule has 37 valence electrons. The zero-order valence-corrected chi connectivity index (χ0v) is 4.05. The minimum Gasteiger partial charge on any atom is -0.360 e. The molecule has 1 heteroatoms. The molecule has 2 bridgehead atoms. The fourth-order valence-electron chi connectivity index (χ4n) is 1.07. The van der Waals surface area contributed by atoms with Crippen LogP contribution in [0.15, 0.2) is 12.2 Å². The number of ether oxygens (including phenoxy) is 1.